The van der Waals surface area contributed by atoms with E-state index in [0.29, 0.717) is 6.04 Å². The fourth-order valence-electron chi connectivity index (χ4n) is 1.55. The molecule has 0 saturated heterocycles. The first-order chi connectivity index (χ1) is 7.24. The Kier molecular flexibility index (Phi) is 5.88. The second kappa shape index (κ2) is 6.96. The average molecular weight is 226 g/mol. The summed E-state index contributed by atoms with van der Waals surface area (Å²) in [6.07, 6.45) is 7.29. The van der Waals surface area contributed by atoms with Crippen LogP contribution in [0.15, 0.2) is 6.20 Å². The van der Waals surface area contributed by atoms with E-state index in [9.17, 15) is 0 Å². The second-order valence-electron chi connectivity index (χ2n) is 4.02. The molecule has 86 valence electrons. The Morgan fingerprint density at radius 2 is 2.20 bits per heavy atom. The zero-order chi connectivity index (χ0) is 11.1. The van der Waals surface area contributed by atoms with Crippen LogP contribution in [0.4, 0.5) is 0 Å². The number of hydrogen-bond acceptors (Lipinski definition) is 3. The van der Waals surface area contributed by atoms with Crippen LogP contribution in [-0.4, -0.2) is 11.5 Å². The van der Waals surface area contributed by atoms with Crippen LogP contribution in [0.5, 0.6) is 0 Å². The monoisotopic (exact) mass is 226 g/mol. The summed E-state index contributed by atoms with van der Waals surface area (Å²) in [7, 11) is 0. The molecule has 1 unspecified atom stereocenters. The van der Waals surface area contributed by atoms with Crippen molar-refractivity contribution in [2.45, 2.75) is 52.5 Å². The topological polar surface area (TPSA) is 24.9 Å². The quantitative estimate of drug-likeness (QED) is 0.717. The van der Waals surface area contributed by atoms with E-state index in [-0.39, 0.29) is 0 Å². The second-order valence-corrected chi connectivity index (χ2v) is 5.28. The predicted octanol–water partition coefficient (Wildman–Crippen LogP) is 3.68. The Morgan fingerprint density at radius 1 is 1.40 bits per heavy atom. The Bertz CT molecular complexity index is 270. The molecular formula is C12H22N2S. The number of aryl methyl sites for hydroxylation is 1. The maximum atomic E-state index is 4.27. The standard InChI is InChI=1S/C12H22N2S/c1-4-5-6-7-8-13-10(2)12-9-14-11(3)15-12/h9-10,13H,4-8H2,1-3H3. The maximum Gasteiger partial charge on any atom is 0.0897 e. The first-order valence-corrected chi connectivity index (χ1v) is 6.71. The molecule has 0 bridgehead atoms. The van der Waals surface area contributed by atoms with Gasteiger partial charge in [-0.15, -0.1) is 11.3 Å². The molecule has 0 fully saturated rings. The van der Waals surface area contributed by atoms with Gasteiger partial charge in [0.2, 0.25) is 0 Å². The highest BCUT2D eigenvalue weighted by Crippen LogP contribution is 2.19. The summed E-state index contributed by atoms with van der Waals surface area (Å²) in [5, 5.41) is 4.70. The summed E-state index contributed by atoms with van der Waals surface area (Å²) in [6, 6.07) is 0.456. The number of rotatable bonds is 7. The molecule has 2 nitrogen and oxygen atoms in total. The summed E-state index contributed by atoms with van der Waals surface area (Å²) >= 11 is 1.79. The van der Waals surface area contributed by atoms with Crippen LogP contribution >= 0.6 is 11.3 Å². The molecule has 1 heterocycles. The summed E-state index contributed by atoms with van der Waals surface area (Å²) in [6.45, 7) is 7.64. The summed E-state index contributed by atoms with van der Waals surface area (Å²) in [5.41, 5.74) is 0. The SMILES string of the molecule is CCCCCCNC(C)c1cnc(C)s1. The van der Waals surface area contributed by atoms with Gasteiger partial charge >= 0.3 is 0 Å². The summed E-state index contributed by atoms with van der Waals surface area (Å²) < 4.78 is 0. The minimum Gasteiger partial charge on any atom is -0.309 e. The zero-order valence-corrected chi connectivity index (χ0v) is 10.9. The Labute approximate surface area is 97.1 Å². The minimum absolute atomic E-state index is 0.456. The van der Waals surface area contributed by atoms with Crippen molar-refractivity contribution < 1.29 is 0 Å². The van der Waals surface area contributed by atoms with Gasteiger partial charge in [0.05, 0.1) is 5.01 Å². The van der Waals surface area contributed by atoms with Crippen LogP contribution in [0.25, 0.3) is 0 Å². The van der Waals surface area contributed by atoms with E-state index in [2.05, 4.69) is 31.1 Å². The molecule has 0 radical (unpaired) electrons. The lowest BCUT2D eigenvalue weighted by atomic mass is 10.2. The van der Waals surface area contributed by atoms with Crippen LogP contribution in [0.1, 0.15) is 55.5 Å². The van der Waals surface area contributed by atoms with Crippen molar-refractivity contribution in [1.82, 2.24) is 10.3 Å². The molecule has 1 rings (SSSR count). The van der Waals surface area contributed by atoms with Crippen molar-refractivity contribution >= 4 is 11.3 Å². The molecule has 1 aromatic heterocycles. The van der Waals surface area contributed by atoms with Gasteiger partial charge in [0.1, 0.15) is 0 Å². The van der Waals surface area contributed by atoms with E-state index < -0.39 is 0 Å². The van der Waals surface area contributed by atoms with Crippen molar-refractivity contribution in [2.75, 3.05) is 6.54 Å². The van der Waals surface area contributed by atoms with Gasteiger partial charge in [0, 0.05) is 17.1 Å². The highest BCUT2D eigenvalue weighted by molar-refractivity contribution is 7.11. The molecule has 1 atom stereocenters. The van der Waals surface area contributed by atoms with E-state index >= 15 is 0 Å². The van der Waals surface area contributed by atoms with Gasteiger partial charge in [-0.05, 0) is 26.8 Å². The average Bonchev–Trinajstić information content (AvgIpc) is 2.64. The fraction of sp³-hybridized carbons (Fsp3) is 0.750. The third-order valence-corrected chi connectivity index (χ3v) is 3.64. The van der Waals surface area contributed by atoms with Crippen LogP contribution in [0, 0.1) is 6.92 Å². The van der Waals surface area contributed by atoms with Gasteiger partial charge in [0.25, 0.3) is 0 Å². The molecule has 0 aliphatic rings. The van der Waals surface area contributed by atoms with Crippen molar-refractivity contribution in [2.24, 2.45) is 0 Å². The van der Waals surface area contributed by atoms with E-state index in [4.69, 9.17) is 0 Å². The van der Waals surface area contributed by atoms with Crippen molar-refractivity contribution in [1.29, 1.82) is 0 Å². The summed E-state index contributed by atoms with van der Waals surface area (Å²) in [5.74, 6) is 0. The number of hydrogen-bond donors (Lipinski definition) is 1. The van der Waals surface area contributed by atoms with Gasteiger partial charge in [-0.25, -0.2) is 4.98 Å². The molecule has 0 aliphatic carbocycles. The Balaban J connectivity index is 2.16. The molecule has 0 aromatic carbocycles. The van der Waals surface area contributed by atoms with Gasteiger partial charge < -0.3 is 5.32 Å². The number of unbranched alkanes of at least 4 members (excludes halogenated alkanes) is 3. The lowest BCUT2D eigenvalue weighted by Gasteiger charge is -2.10. The lowest BCUT2D eigenvalue weighted by molar-refractivity contribution is 0.541. The number of thiazole rings is 1. The predicted molar refractivity (Wildman–Crippen MR) is 67.4 cm³/mol. The van der Waals surface area contributed by atoms with Gasteiger partial charge in [-0.3, -0.25) is 0 Å². The largest absolute Gasteiger partial charge is 0.309 e. The van der Waals surface area contributed by atoms with Gasteiger partial charge in [-0.1, -0.05) is 26.2 Å². The number of aromatic nitrogens is 1. The smallest absolute Gasteiger partial charge is 0.0897 e. The third-order valence-electron chi connectivity index (χ3n) is 2.55. The Hall–Kier alpha value is -0.410. The van der Waals surface area contributed by atoms with Crippen molar-refractivity contribution in [3.8, 4) is 0 Å². The third kappa shape index (κ3) is 4.76. The highest BCUT2D eigenvalue weighted by Gasteiger charge is 2.06. The van der Waals surface area contributed by atoms with Crippen LogP contribution < -0.4 is 5.32 Å². The molecule has 0 saturated carbocycles. The first-order valence-electron chi connectivity index (χ1n) is 5.89. The van der Waals surface area contributed by atoms with Crippen LogP contribution in [0.3, 0.4) is 0 Å². The highest BCUT2D eigenvalue weighted by atomic mass is 32.1. The normalized spacial score (nSPS) is 13.0. The zero-order valence-electron chi connectivity index (χ0n) is 10.0. The van der Waals surface area contributed by atoms with E-state index in [1.165, 1.54) is 30.6 Å². The maximum absolute atomic E-state index is 4.27. The number of nitrogens with one attached hydrogen (secondary N) is 1. The molecule has 0 amide bonds. The van der Waals surface area contributed by atoms with Crippen LogP contribution in [0.2, 0.25) is 0 Å². The van der Waals surface area contributed by atoms with E-state index in [1.54, 1.807) is 11.3 Å². The van der Waals surface area contributed by atoms with Crippen LogP contribution in [-0.2, 0) is 0 Å². The molecule has 0 aliphatic heterocycles. The van der Waals surface area contributed by atoms with Gasteiger partial charge in [-0.2, -0.15) is 0 Å². The molecule has 3 heteroatoms. The summed E-state index contributed by atoms with van der Waals surface area (Å²) in [4.78, 5) is 5.62. The van der Waals surface area contributed by atoms with E-state index in [1.807, 2.05) is 6.20 Å². The van der Waals surface area contributed by atoms with E-state index in [0.717, 1.165) is 11.6 Å². The fourth-order valence-corrected chi connectivity index (χ4v) is 2.36. The minimum atomic E-state index is 0.456. The van der Waals surface area contributed by atoms with Crippen molar-refractivity contribution in [3.05, 3.63) is 16.1 Å². The van der Waals surface area contributed by atoms with Gasteiger partial charge in [0.15, 0.2) is 0 Å². The molecule has 0 spiro atoms. The van der Waals surface area contributed by atoms with Crippen molar-refractivity contribution in [3.63, 3.8) is 0 Å². The first kappa shape index (κ1) is 12.7. The lowest BCUT2D eigenvalue weighted by Crippen LogP contribution is -2.18. The number of nitrogens with zero attached hydrogens (tertiary/aromatic N) is 1. The molecule has 1 aromatic rings. The molecule has 1 N–H and O–H groups in total. The molecule has 15 heavy (non-hydrogen) atoms. The molecular weight excluding hydrogens is 204 g/mol. The Morgan fingerprint density at radius 3 is 2.80 bits per heavy atom.